The number of anilines is 1. The third kappa shape index (κ3) is 5.41. The third-order valence-electron chi connectivity index (χ3n) is 4.59. The number of aliphatic carboxylic acids is 1. The first-order valence-corrected chi connectivity index (χ1v) is 8.55. The van der Waals surface area contributed by atoms with Gasteiger partial charge in [0.15, 0.2) is 0 Å². The summed E-state index contributed by atoms with van der Waals surface area (Å²) in [6.07, 6.45) is 2.35. The van der Waals surface area contributed by atoms with Gasteiger partial charge >= 0.3 is 5.97 Å². The number of carboxylic acid groups (broad SMARTS) is 1. The van der Waals surface area contributed by atoms with Gasteiger partial charge in [-0.2, -0.15) is 0 Å². The first-order valence-electron chi connectivity index (χ1n) is 8.55. The molecular formula is C17H24N4O5. The predicted molar refractivity (Wildman–Crippen MR) is 96.1 cm³/mol. The molecule has 0 spiro atoms. The highest BCUT2D eigenvalue weighted by molar-refractivity contribution is 5.81. The van der Waals surface area contributed by atoms with Crippen LogP contribution in [0.25, 0.3) is 0 Å². The fourth-order valence-electron chi connectivity index (χ4n) is 3.18. The molecule has 9 heteroatoms. The van der Waals surface area contributed by atoms with E-state index in [-0.39, 0.29) is 30.7 Å². The summed E-state index contributed by atoms with van der Waals surface area (Å²) < 4.78 is 0. The lowest BCUT2D eigenvalue weighted by atomic mass is 10.1. The number of nitro benzene ring substituents is 1. The first-order chi connectivity index (χ1) is 12.4. The molecule has 0 radical (unpaired) electrons. The quantitative estimate of drug-likeness (QED) is 0.555. The van der Waals surface area contributed by atoms with Crippen molar-refractivity contribution >= 4 is 23.3 Å². The van der Waals surface area contributed by atoms with Gasteiger partial charge in [-0.1, -0.05) is 12.1 Å². The number of nitrogens with zero attached hydrogens (tertiary/aromatic N) is 3. The summed E-state index contributed by atoms with van der Waals surface area (Å²) >= 11 is 0. The van der Waals surface area contributed by atoms with Crippen molar-refractivity contribution < 1.29 is 19.6 Å². The Bertz CT molecular complexity index is 666. The molecule has 1 atom stereocenters. The molecule has 0 bridgehead atoms. The lowest BCUT2D eigenvalue weighted by Crippen LogP contribution is -2.38. The number of para-hydroxylation sites is 2. The van der Waals surface area contributed by atoms with Gasteiger partial charge in [-0.25, -0.2) is 0 Å². The highest BCUT2D eigenvalue weighted by atomic mass is 16.6. The van der Waals surface area contributed by atoms with E-state index in [0.717, 1.165) is 12.8 Å². The number of hydrogen-bond acceptors (Lipinski definition) is 6. The number of nitrogens with one attached hydrogen (secondary N) is 1. The van der Waals surface area contributed by atoms with Crippen molar-refractivity contribution in [2.24, 2.45) is 0 Å². The van der Waals surface area contributed by atoms with E-state index in [4.69, 9.17) is 5.11 Å². The molecule has 2 rings (SSSR count). The van der Waals surface area contributed by atoms with E-state index in [1.54, 1.807) is 30.1 Å². The summed E-state index contributed by atoms with van der Waals surface area (Å²) in [5.41, 5.74) is 0.256. The topological polar surface area (TPSA) is 116 Å². The van der Waals surface area contributed by atoms with Gasteiger partial charge in [0.2, 0.25) is 5.91 Å². The Kier molecular flexibility index (Phi) is 6.90. The maximum absolute atomic E-state index is 12.4. The second-order valence-corrected chi connectivity index (χ2v) is 6.40. The maximum atomic E-state index is 12.4. The van der Waals surface area contributed by atoms with Crippen molar-refractivity contribution in [3.63, 3.8) is 0 Å². The van der Waals surface area contributed by atoms with Crippen molar-refractivity contribution in [2.75, 3.05) is 38.5 Å². The van der Waals surface area contributed by atoms with Crippen LogP contribution in [0.4, 0.5) is 11.4 Å². The van der Waals surface area contributed by atoms with E-state index in [2.05, 4.69) is 5.32 Å². The first kappa shape index (κ1) is 19.6. The molecule has 1 heterocycles. The predicted octanol–water partition coefficient (Wildman–Crippen LogP) is 1.40. The molecule has 1 amide bonds. The zero-order valence-electron chi connectivity index (χ0n) is 14.8. The van der Waals surface area contributed by atoms with Crippen LogP contribution in [0.1, 0.15) is 19.3 Å². The molecule has 1 aliphatic heterocycles. The zero-order valence-corrected chi connectivity index (χ0v) is 14.8. The van der Waals surface area contributed by atoms with Gasteiger partial charge in [0, 0.05) is 25.2 Å². The Morgan fingerprint density at radius 1 is 1.35 bits per heavy atom. The number of rotatable bonds is 7. The molecule has 1 aliphatic rings. The van der Waals surface area contributed by atoms with Crippen LogP contribution >= 0.6 is 0 Å². The zero-order chi connectivity index (χ0) is 19.1. The molecule has 1 saturated heterocycles. The second kappa shape index (κ2) is 9.14. The SMILES string of the molecule is CN(CC(=O)O)C1CCCN(C(=O)CNc2ccccc2[N+](=O)[O-])CC1. The molecular weight excluding hydrogens is 340 g/mol. The lowest BCUT2D eigenvalue weighted by molar-refractivity contribution is -0.383. The van der Waals surface area contributed by atoms with Gasteiger partial charge < -0.3 is 15.3 Å². The number of likely N-dealkylation sites (tertiary alicyclic amines) is 1. The number of amides is 1. The summed E-state index contributed by atoms with van der Waals surface area (Å²) in [5.74, 6) is -0.983. The van der Waals surface area contributed by atoms with Crippen molar-refractivity contribution in [1.82, 2.24) is 9.80 Å². The number of carbonyl (C=O) groups is 2. The minimum Gasteiger partial charge on any atom is -0.480 e. The van der Waals surface area contributed by atoms with Gasteiger partial charge in [-0.3, -0.25) is 24.6 Å². The summed E-state index contributed by atoms with van der Waals surface area (Å²) in [6, 6.07) is 6.35. The molecule has 2 N–H and O–H groups in total. The Balaban J connectivity index is 1.89. The van der Waals surface area contributed by atoms with Crippen LogP contribution in [0.3, 0.4) is 0 Å². The molecule has 142 valence electrons. The molecule has 0 aliphatic carbocycles. The van der Waals surface area contributed by atoms with Crippen LogP contribution in [0.15, 0.2) is 24.3 Å². The van der Waals surface area contributed by atoms with E-state index in [0.29, 0.717) is 25.2 Å². The average Bonchev–Trinajstić information content (AvgIpc) is 2.85. The summed E-state index contributed by atoms with van der Waals surface area (Å²) in [4.78, 5) is 37.4. The number of carboxylic acids is 1. The normalized spacial score (nSPS) is 17.6. The van der Waals surface area contributed by atoms with Crippen molar-refractivity contribution in [1.29, 1.82) is 0 Å². The highest BCUT2D eigenvalue weighted by Gasteiger charge is 2.24. The molecule has 26 heavy (non-hydrogen) atoms. The van der Waals surface area contributed by atoms with Gasteiger partial charge in [0.1, 0.15) is 5.69 Å². The Labute approximate surface area is 151 Å². The fourth-order valence-corrected chi connectivity index (χ4v) is 3.18. The standard InChI is InChI=1S/C17H24N4O5/c1-19(12-17(23)24)13-5-4-9-20(10-8-13)16(22)11-18-14-6-2-3-7-15(14)21(25)26/h2-3,6-7,13,18H,4-5,8-12H2,1H3,(H,23,24). The maximum Gasteiger partial charge on any atom is 0.317 e. The van der Waals surface area contributed by atoms with E-state index in [1.807, 2.05) is 4.90 Å². The lowest BCUT2D eigenvalue weighted by Gasteiger charge is -2.25. The fraction of sp³-hybridized carbons (Fsp3) is 0.529. The smallest absolute Gasteiger partial charge is 0.317 e. The molecule has 1 aromatic carbocycles. The van der Waals surface area contributed by atoms with E-state index >= 15 is 0 Å². The molecule has 9 nitrogen and oxygen atoms in total. The number of carbonyl (C=O) groups excluding carboxylic acids is 1. The van der Waals surface area contributed by atoms with Gasteiger partial charge in [-0.15, -0.1) is 0 Å². The number of nitro groups is 1. The van der Waals surface area contributed by atoms with Crippen LogP contribution in [0.5, 0.6) is 0 Å². The van der Waals surface area contributed by atoms with Crippen molar-refractivity contribution in [2.45, 2.75) is 25.3 Å². The van der Waals surface area contributed by atoms with E-state index in [9.17, 15) is 19.7 Å². The number of benzene rings is 1. The monoisotopic (exact) mass is 364 g/mol. The van der Waals surface area contributed by atoms with Crippen LogP contribution < -0.4 is 5.32 Å². The average molecular weight is 364 g/mol. The number of likely N-dealkylation sites (N-methyl/N-ethyl adjacent to an activating group) is 1. The molecule has 1 unspecified atom stereocenters. The van der Waals surface area contributed by atoms with Gasteiger partial charge in [0.05, 0.1) is 18.0 Å². The Morgan fingerprint density at radius 2 is 2.08 bits per heavy atom. The minimum absolute atomic E-state index is 0.0134. The van der Waals surface area contributed by atoms with E-state index in [1.165, 1.54) is 6.07 Å². The molecule has 0 aromatic heterocycles. The van der Waals surface area contributed by atoms with Crippen LogP contribution in [-0.4, -0.2) is 71.0 Å². The third-order valence-corrected chi connectivity index (χ3v) is 4.59. The Morgan fingerprint density at radius 3 is 2.77 bits per heavy atom. The minimum atomic E-state index is -0.863. The van der Waals surface area contributed by atoms with Gasteiger partial charge in [-0.05, 0) is 32.4 Å². The second-order valence-electron chi connectivity index (χ2n) is 6.40. The molecule has 1 aromatic rings. The Hall–Kier alpha value is -2.68. The summed E-state index contributed by atoms with van der Waals surface area (Å²) in [7, 11) is 1.78. The van der Waals surface area contributed by atoms with Crippen LogP contribution in [0.2, 0.25) is 0 Å². The highest BCUT2D eigenvalue weighted by Crippen LogP contribution is 2.23. The molecule has 0 saturated carbocycles. The summed E-state index contributed by atoms with van der Waals surface area (Å²) in [5, 5.41) is 22.8. The number of hydrogen-bond donors (Lipinski definition) is 2. The van der Waals surface area contributed by atoms with Crippen molar-refractivity contribution in [3.05, 3.63) is 34.4 Å². The molecule has 1 fully saturated rings. The van der Waals surface area contributed by atoms with Gasteiger partial charge in [0.25, 0.3) is 5.69 Å². The van der Waals surface area contributed by atoms with Crippen molar-refractivity contribution in [3.8, 4) is 0 Å². The largest absolute Gasteiger partial charge is 0.480 e. The van der Waals surface area contributed by atoms with Crippen LogP contribution in [0, 0.1) is 10.1 Å². The van der Waals surface area contributed by atoms with Crippen LogP contribution in [-0.2, 0) is 9.59 Å². The summed E-state index contributed by atoms with van der Waals surface area (Å²) in [6.45, 7) is 1.12. The van der Waals surface area contributed by atoms with E-state index < -0.39 is 10.9 Å².